The normalized spacial score (nSPS) is 26.4. The van der Waals surface area contributed by atoms with Crippen molar-refractivity contribution in [1.82, 2.24) is 5.32 Å². The minimum atomic E-state index is -0.633. The lowest BCUT2D eigenvalue weighted by atomic mass is 10.2. The molecule has 0 aromatic carbocycles. The highest BCUT2D eigenvalue weighted by Gasteiger charge is 2.20. The topological polar surface area (TPSA) is 56.8 Å². The average molecular weight is 217 g/mol. The summed E-state index contributed by atoms with van der Waals surface area (Å²) in [5.41, 5.74) is 0. The van der Waals surface area contributed by atoms with Crippen LogP contribution >= 0.6 is 0 Å². The van der Waals surface area contributed by atoms with Gasteiger partial charge in [0.1, 0.15) is 12.7 Å². The third kappa shape index (κ3) is 4.99. The number of nitrogens with one attached hydrogen (secondary N) is 1. The Bertz CT molecular complexity index is 208. The zero-order valence-electron chi connectivity index (χ0n) is 9.49. The van der Waals surface area contributed by atoms with Gasteiger partial charge in [-0.1, -0.05) is 0 Å². The fourth-order valence-corrected chi connectivity index (χ4v) is 1.36. The van der Waals surface area contributed by atoms with E-state index >= 15 is 0 Å². The number of hydrogen-bond acceptors (Lipinski definition) is 5. The zero-order chi connectivity index (χ0) is 11.3. The molecule has 0 radical (unpaired) electrons. The molecule has 1 aliphatic heterocycles. The quantitative estimate of drug-likeness (QED) is 0.712. The van der Waals surface area contributed by atoms with Gasteiger partial charge in [0, 0.05) is 13.1 Å². The summed E-state index contributed by atoms with van der Waals surface area (Å²) in [6, 6.07) is 0. The zero-order valence-corrected chi connectivity index (χ0v) is 9.49. The molecule has 5 heteroatoms. The van der Waals surface area contributed by atoms with Crippen LogP contribution < -0.4 is 5.32 Å². The Morgan fingerprint density at radius 2 is 2.27 bits per heavy atom. The van der Waals surface area contributed by atoms with Crippen LogP contribution in [0.15, 0.2) is 0 Å². The monoisotopic (exact) mass is 217 g/mol. The molecule has 5 nitrogen and oxygen atoms in total. The molecule has 0 aromatic rings. The van der Waals surface area contributed by atoms with E-state index in [1.165, 1.54) is 0 Å². The van der Waals surface area contributed by atoms with Gasteiger partial charge in [-0.3, -0.25) is 0 Å². The molecule has 2 unspecified atom stereocenters. The second kappa shape index (κ2) is 5.92. The van der Waals surface area contributed by atoms with Gasteiger partial charge in [-0.25, -0.2) is 4.79 Å². The maximum Gasteiger partial charge on any atom is 0.508 e. The van der Waals surface area contributed by atoms with Gasteiger partial charge in [0.2, 0.25) is 0 Å². The Labute approximate surface area is 90.1 Å². The minimum absolute atomic E-state index is 0.0755. The highest BCUT2D eigenvalue weighted by molar-refractivity contribution is 5.60. The van der Waals surface area contributed by atoms with E-state index in [9.17, 15) is 4.79 Å². The standard InChI is InChI=1S/C10H19NO4/c1-7(2)14-10(12)13-6-9-5-11-4-8(3)15-9/h7-9,11H,4-6H2,1-3H3. The highest BCUT2D eigenvalue weighted by atomic mass is 16.7. The van der Waals surface area contributed by atoms with Crippen molar-refractivity contribution in [3.8, 4) is 0 Å². The summed E-state index contributed by atoms with van der Waals surface area (Å²) in [7, 11) is 0. The summed E-state index contributed by atoms with van der Waals surface area (Å²) in [5.74, 6) is 0. The molecule has 1 N–H and O–H groups in total. The van der Waals surface area contributed by atoms with Crippen molar-refractivity contribution >= 4 is 6.16 Å². The Morgan fingerprint density at radius 1 is 1.53 bits per heavy atom. The fourth-order valence-electron chi connectivity index (χ4n) is 1.36. The average Bonchev–Trinajstić information content (AvgIpc) is 2.14. The maximum absolute atomic E-state index is 11.1. The lowest BCUT2D eigenvalue weighted by molar-refractivity contribution is -0.0663. The first-order valence-electron chi connectivity index (χ1n) is 5.27. The summed E-state index contributed by atoms with van der Waals surface area (Å²) in [6.45, 7) is 7.32. The summed E-state index contributed by atoms with van der Waals surface area (Å²) in [5, 5.41) is 3.19. The molecule has 88 valence electrons. The van der Waals surface area contributed by atoms with Crippen LogP contribution in [0.5, 0.6) is 0 Å². The number of ether oxygens (including phenoxy) is 3. The lowest BCUT2D eigenvalue weighted by Gasteiger charge is -2.28. The van der Waals surface area contributed by atoms with Crippen molar-refractivity contribution in [2.75, 3.05) is 19.7 Å². The molecule has 1 fully saturated rings. The van der Waals surface area contributed by atoms with Crippen LogP contribution in [0.2, 0.25) is 0 Å². The lowest BCUT2D eigenvalue weighted by Crippen LogP contribution is -2.45. The molecule has 0 saturated carbocycles. The molecule has 0 aromatic heterocycles. The Kier molecular flexibility index (Phi) is 4.84. The van der Waals surface area contributed by atoms with Crippen molar-refractivity contribution in [2.24, 2.45) is 0 Å². The number of morpholine rings is 1. The third-order valence-corrected chi connectivity index (χ3v) is 1.95. The first-order valence-corrected chi connectivity index (χ1v) is 5.27. The van der Waals surface area contributed by atoms with E-state index in [0.717, 1.165) is 6.54 Å². The molecule has 2 atom stereocenters. The second-order valence-electron chi connectivity index (χ2n) is 3.95. The van der Waals surface area contributed by atoms with Gasteiger partial charge in [0.15, 0.2) is 0 Å². The highest BCUT2D eigenvalue weighted by Crippen LogP contribution is 2.04. The van der Waals surface area contributed by atoms with E-state index in [1.54, 1.807) is 13.8 Å². The van der Waals surface area contributed by atoms with Crippen LogP contribution in [-0.4, -0.2) is 44.2 Å². The van der Waals surface area contributed by atoms with Gasteiger partial charge in [0.05, 0.1) is 12.2 Å². The number of carbonyl (C=O) groups is 1. The van der Waals surface area contributed by atoms with E-state index in [2.05, 4.69) is 5.32 Å². The van der Waals surface area contributed by atoms with Gasteiger partial charge in [-0.05, 0) is 20.8 Å². The molecule has 15 heavy (non-hydrogen) atoms. The van der Waals surface area contributed by atoms with Crippen LogP contribution in [0, 0.1) is 0 Å². The SMILES string of the molecule is CC(C)OC(=O)OCC1CNCC(C)O1. The van der Waals surface area contributed by atoms with E-state index < -0.39 is 6.16 Å². The van der Waals surface area contributed by atoms with Crippen molar-refractivity contribution in [3.63, 3.8) is 0 Å². The predicted molar refractivity (Wildman–Crippen MR) is 54.8 cm³/mol. The molecule has 1 aliphatic rings. The summed E-state index contributed by atoms with van der Waals surface area (Å²) >= 11 is 0. The second-order valence-corrected chi connectivity index (χ2v) is 3.95. The number of carbonyl (C=O) groups excluding carboxylic acids is 1. The molecule has 0 amide bonds. The van der Waals surface area contributed by atoms with E-state index in [-0.39, 0.29) is 24.9 Å². The number of hydrogen-bond donors (Lipinski definition) is 1. The molecule has 0 aliphatic carbocycles. The molecule has 1 saturated heterocycles. The largest absolute Gasteiger partial charge is 0.508 e. The van der Waals surface area contributed by atoms with Crippen LogP contribution in [0.1, 0.15) is 20.8 Å². The van der Waals surface area contributed by atoms with Crippen LogP contribution in [0.25, 0.3) is 0 Å². The molecule has 0 spiro atoms. The third-order valence-electron chi connectivity index (χ3n) is 1.95. The van der Waals surface area contributed by atoms with Gasteiger partial charge >= 0.3 is 6.16 Å². The van der Waals surface area contributed by atoms with E-state index in [1.807, 2.05) is 6.92 Å². The molecular formula is C10H19NO4. The van der Waals surface area contributed by atoms with Crippen LogP contribution in [0.4, 0.5) is 4.79 Å². The molecule has 1 rings (SSSR count). The van der Waals surface area contributed by atoms with Crippen molar-refractivity contribution < 1.29 is 19.0 Å². The van der Waals surface area contributed by atoms with E-state index in [0.29, 0.717) is 6.54 Å². The van der Waals surface area contributed by atoms with Crippen LogP contribution in [-0.2, 0) is 14.2 Å². The fraction of sp³-hybridized carbons (Fsp3) is 0.900. The first-order chi connectivity index (χ1) is 7.08. The van der Waals surface area contributed by atoms with Crippen molar-refractivity contribution in [2.45, 2.75) is 39.1 Å². The summed E-state index contributed by atoms with van der Waals surface area (Å²) in [6.07, 6.45) is -0.699. The minimum Gasteiger partial charge on any atom is -0.432 e. The summed E-state index contributed by atoms with van der Waals surface area (Å²) < 4.78 is 15.3. The smallest absolute Gasteiger partial charge is 0.432 e. The Morgan fingerprint density at radius 3 is 2.87 bits per heavy atom. The van der Waals surface area contributed by atoms with Gasteiger partial charge in [-0.15, -0.1) is 0 Å². The Balaban J connectivity index is 2.16. The van der Waals surface area contributed by atoms with Crippen molar-refractivity contribution in [1.29, 1.82) is 0 Å². The Hall–Kier alpha value is -0.810. The first kappa shape index (κ1) is 12.3. The number of rotatable bonds is 3. The summed E-state index contributed by atoms with van der Waals surface area (Å²) in [4.78, 5) is 11.1. The maximum atomic E-state index is 11.1. The predicted octanol–water partition coefficient (Wildman–Crippen LogP) is 0.925. The van der Waals surface area contributed by atoms with Crippen LogP contribution in [0.3, 0.4) is 0 Å². The van der Waals surface area contributed by atoms with Crippen molar-refractivity contribution in [3.05, 3.63) is 0 Å². The van der Waals surface area contributed by atoms with Gasteiger partial charge in [-0.2, -0.15) is 0 Å². The van der Waals surface area contributed by atoms with E-state index in [4.69, 9.17) is 14.2 Å². The van der Waals surface area contributed by atoms with Gasteiger partial charge < -0.3 is 19.5 Å². The molecule has 0 bridgehead atoms. The molecular weight excluding hydrogens is 198 g/mol. The van der Waals surface area contributed by atoms with Gasteiger partial charge in [0.25, 0.3) is 0 Å². The molecule has 1 heterocycles.